The number of hydrogen-bond acceptors (Lipinski definition) is 4. The van der Waals surface area contributed by atoms with E-state index in [4.69, 9.17) is 10.4 Å². The van der Waals surface area contributed by atoms with Gasteiger partial charge in [-0.3, -0.25) is 4.79 Å². The molecule has 1 amide bonds. The van der Waals surface area contributed by atoms with E-state index in [1.165, 1.54) is 30.3 Å². The molecule has 0 bridgehead atoms. The molecule has 2 N–H and O–H groups in total. The molecule has 0 unspecified atom stereocenters. The molecule has 3 rings (SSSR count). The molecule has 1 heterocycles. The van der Waals surface area contributed by atoms with Gasteiger partial charge in [-0.15, -0.1) is 0 Å². The van der Waals surface area contributed by atoms with Crippen LogP contribution >= 0.6 is 0 Å². The van der Waals surface area contributed by atoms with Crippen molar-refractivity contribution < 1.29 is 27.5 Å². The Morgan fingerprint density at radius 2 is 1.97 bits per heavy atom. The summed E-state index contributed by atoms with van der Waals surface area (Å²) in [5.41, 5.74) is -1.65. The SMILES string of the molecule is N#Cc1cccc(-n2nc(C(F)(F)F)cc2C(=O)Nc2cc(CO)ccc2F)c1. The van der Waals surface area contributed by atoms with E-state index in [1.807, 2.05) is 6.07 Å². The van der Waals surface area contributed by atoms with Gasteiger partial charge in [0.2, 0.25) is 0 Å². The summed E-state index contributed by atoms with van der Waals surface area (Å²) in [6.07, 6.45) is -4.82. The number of benzene rings is 2. The molecule has 1 aromatic heterocycles. The van der Waals surface area contributed by atoms with Crippen molar-refractivity contribution in [1.82, 2.24) is 9.78 Å². The molecule has 10 heteroatoms. The van der Waals surface area contributed by atoms with E-state index in [9.17, 15) is 22.4 Å². The summed E-state index contributed by atoms with van der Waals surface area (Å²) < 4.78 is 54.1. The Kier molecular flexibility index (Phi) is 5.34. The van der Waals surface area contributed by atoms with Crippen molar-refractivity contribution in [2.45, 2.75) is 12.8 Å². The van der Waals surface area contributed by atoms with E-state index in [0.717, 1.165) is 16.8 Å². The van der Waals surface area contributed by atoms with Crippen molar-refractivity contribution >= 4 is 11.6 Å². The molecule has 0 saturated heterocycles. The molecule has 0 saturated carbocycles. The highest BCUT2D eigenvalue weighted by Crippen LogP contribution is 2.30. The zero-order chi connectivity index (χ0) is 21.2. The second-order valence-electron chi connectivity index (χ2n) is 5.91. The zero-order valence-corrected chi connectivity index (χ0v) is 14.5. The summed E-state index contributed by atoms with van der Waals surface area (Å²) in [6, 6.07) is 11.3. The smallest absolute Gasteiger partial charge is 0.392 e. The molecular weight excluding hydrogens is 392 g/mol. The van der Waals surface area contributed by atoms with Gasteiger partial charge in [-0.25, -0.2) is 9.07 Å². The van der Waals surface area contributed by atoms with Crippen molar-refractivity contribution in [3.63, 3.8) is 0 Å². The Labute approximate surface area is 161 Å². The molecule has 0 spiro atoms. The van der Waals surface area contributed by atoms with Crippen molar-refractivity contribution in [3.8, 4) is 11.8 Å². The third-order valence-corrected chi connectivity index (χ3v) is 3.91. The monoisotopic (exact) mass is 404 g/mol. The van der Waals surface area contributed by atoms with E-state index in [1.54, 1.807) is 0 Å². The molecular formula is C19H12F4N4O2. The first-order chi connectivity index (χ1) is 13.7. The normalized spacial score (nSPS) is 11.2. The minimum absolute atomic E-state index is 0.0503. The number of amides is 1. The predicted octanol–water partition coefficient (Wildman–Crippen LogP) is 3.65. The van der Waals surface area contributed by atoms with Crippen molar-refractivity contribution in [2.75, 3.05) is 5.32 Å². The van der Waals surface area contributed by atoms with E-state index in [-0.39, 0.29) is 16.9 Å². The highest BCUT2D eigenvalue weighted by Gasteiger charge is 2.36. The highest BCUT2D eigenvalue weighted by molar-refractivity contribution is 6.03. The number of aliphatic hydroxyl groups excluding tert-OH is 1. The van der Waals surface area contributed by atoms with Crippen LogP contribution in [-0.2, 0) is 12.8 Å². The number of halogens is 4. The number of anilines is 1. The van der Waals surface area contributed by atoms with E-state index in [0.29, 0.717) is 11.6 Å². The number of nitriles is 1. The molecule has 0 aliphatic heterocycles. The van der Waals surface area contributed by atoms with Crippen LogP contribution < -0.4 is 5.32 Å². The number of hydrogen-bond donors (Lipinski definition) is 2. The van der Waals surface area contributed by atoms with Gasteiger partial charge in [0.1, 0.15) is 11.5 Å². The lowest BCUT2D eigenvalue weighted by molar-refractivity contribution is -0.141. The fraction of sp³-hybridized carbons (Fsp3) is 0.105. The lowest BCUT2D eigenvalue weighted by Gasteiger charge is -2.10. The average molecular weight is 404 g/mol. The zero-order valence-electron chi connectivity index (χ0n) is 14.5. The van der Waals surface area contributed by atoms with Gasteiger partial charge in [-0.1, -0.05) is 12.1 Å². The molecule has 0 atom stereocenters. The molecule has 0 radical (unpaired) electrons. The van der Waals surface area contributed by atoms with Crippen LogP contribution in [0.5, 0.6) is 0 Å². The Hall–Kier alpha value is -3.71. The number of rotatable bonds is 4. The first-order valence-corrected chi connectivity index (χ1v) is 8.11. The summed E-state index contributed by atoms with van der Waals surface area (Å²) >= 11 is 0. The number of alkyl halides is 3. The third kappa shape index (κ3) is 4.25. The first kappa shape index (κ1) is 20.0. The molecule has 0 fully saturated rings. The second-order valence-corrected chi connectivity index (χ2v) is 5.91. The summed E-state index contributed by atoms with van der Waals surface area (Å²) in [6.45, 7) is -0.416. The van der Waals surface area contributed by atoms with E-state index in [2.05, 4.69) is 10.4 Å². The van der Waals surface area contributed by atoms with Crippen LogP contribution in [0.2, 0.25) is 0 Å². The van der Waals surface area contributed by atoms with Crippen LogP contribution in [0.25, 0.3) is 5.69 Å². The third-order valence-electron chi connectivity index (χ3n) is 3.91. The number of carbonyl (C=O) groups excluding carboxylic acids is 1. The number of aromatic nitrogens is 2. The second kappa shape index (κ2) is 7.73. The highest BCUT2D eigenvalue weighted by atomic mass is 19.4. The van der Waals surface area contributed by atoms with Crippen LogP contribution in [0.15, 0.2) is 48.5 Å². The molecule has 29 heavy (non-hydrogen) atoms. The fourth-order valence-electron chi connectivity index (χ4n) is 2.54. The maximum Gasteiger partial charge on any atom is 0.435 e. The van der Waals surface area contributed by atoms with Gasteiger partial charge in [-0.05, 0) is 35.9 Å². The van der Waals surface area contributed by atoms with Crippen molar-refractivity contribution in [1.29, 1.82) is 5.26 Å². The largest absolute Gasteiger partial charge is 0.435 e. The number of nitrogens with zero attached hydrogens (tertiary/aromatic N) is 3. The van der Waals surface area contributed by atoms with Gasteiger partial charge in [0.05, 0.1) is 29.6 Å². The van der Waals surface area contributed by atoms with Crippen LogP contribution in [-0.4, -0.2) is 20.8 Å². The molecule has 148 valence electrons. The number of aliphatic hydroxyl groups is 1. The summed E-state index contributed by atoms with van der Waals surface area (Å²) in [5, 5.41) is 23.8. The Morgan fingerprint density at radius 1 is 1.21 bits per heavy atom. The van der Waals surface area contributed by atoms with Gasteiger partial charge in [0.25, 0.3) is 5.91 Å². The quantitative estimate of drug-likeness (QED) is 0.650. The van der Waals surface area contributed by atoms with Crippen LogP contribution in [0.1, 0.15) is 27.3 Å². The Balaban J connectivity index is 2.07. The van der Waals surface area contributed by atoms with Crippen molar-refractivity contribution in [2.24, 2.45) is 0 Å². The number of nitrogens with one attached hydrogen (secondary N) is 1. The number of carbonyl (C=O) groups is 1. The van der Waals surface area contributed by atoms with Gasteiger partial charge >= 0.3 is 6.18 Å². The standard InChI is InChI=1S/C19H12F4N4O2/c20-14-5-4-12(10-28)7-15(14)25-18(29)16-8-17(19(21,22)23)26-27(16)13-3-1-2-11(6-13)9-24/h1-8,28H,10H2,(H,25,29). The molecule has 3 aromatic rings. The topological polar surface area (TPSA) is 90.9 Å². The Bertz CT molecular complexity index is 1120. The minimum Gasteiger partial charge on any atom is -0.392 e. The fourth-order valence-corrected chi connectivity index (χ4v) is 2.54. The van der Waals surface area contributed by atoms with Crippen molar-refractivity contribution in [3.05, 3.63) is 76.9 Å². The van der Waals surface area contributed by atoms with E-state index >= 15 is 0 Å². The molecule has 2 aromatic carbocycles. The van der Waals surface area contributed by atoms with Gasteiger partial charge in [-0.2, -0.15) is 23.5 Å². The van der Waals surface area contributed by atoms with Gasteiger partial charge in [0, 0.05) is 6.07 Å². The first-order valence-electron chi connectivity index (χ1n) is 8.11. The van der Waals surface area contributed by atoms with Gasteiger partial charge in [0.15, 0.2) is 5.69 Å². The Morgan fingerprint density at radius 3 is 2.62 bits per heavy atom. The maximum absolute atomic E-state index is 14.0. The molecule has 0 aliphatic rings. The average Bonchev–Trinajstić information content (AvgIpc) is 3.16. The summed E-state index contributed by atoms with van der Waals surface area (Å²) in [4.78, 5) is 12.6. The summed E-state index contributed by atoms with van der Waals surface area (Å²) in [7, 11) is 0. The van der Waals surface area contributed by atoms with Gasteiger partial charge < -0.3 is 10.4 Å². The molecule has 6 nitrogen and oxygen atoms in total. The lowest BCUT2D eigenvalue weighted by atomic mass is 10.2. The van der Waals surface area contributed by atoms with Crippen LogP contribution in [0.3, 0.4) is 0 Å². The predicted molar refractivity (Wildman–Crippen MR) is 93.6 cm³/mol. The van der Waals surface area contributed by atoms with E-state index < -0.39 is 35.9 Å². The minimum atomic E-state index is -4.82. The lowest BCUT2D eigenvalue weighted by Crippen LogP contribution is -2.18. The summed E-state index contributed by atoms with van der Waals surface area (Å²) in [5.74, 6) is -1.88. The van der Waals surface area contributed by atoms with Crippen LogP contribution in [0, 0.1) is 17.1 Å². The van der Waals surface area contributed by atoms with Crippen LogP contribution in [0.4, 0.5) is 23.2 Å². The molecule has 0 aliphatic carbocycles. The maximum atomic E-state index is 14.0.